The van der Waals surface area contributed by atoms with E-state index in [1.54, 1.807) is 36.4 Å². The van der Waals surface area contributed by atoms with Gasteiger partial charge in [0.1, 0.15) is 0 Å². The Bertz CT molecular complexity index is 797. The van der Waals surface area contributed by atoms with Crippen LogP contribution in [0.5, 0.6) is 0 Å². The quantitative estimate of drug-likeness (QED) is 0.526. The highest BCUT2D eigenvalue weighted by atomic mass is 16.5. The van der Waals surface area contributed by atoms with Gasteiger partial charge in [-0.3, -0.25) is 9.59 Å². The molecule has 1 amide bonds. The molecule has 0 fully saturated rings. The molecule has 0 spiro atoms. The van der Waals surface area contributed by atoms with Crippen LogP contribution in [0.25, 0.3) is 0 Å². The van der Waals surface area contributed by atoms with E-state index in [1.165, 1.54) is 12.1 Å². The molecule has 0 unspecified atom stereocenters. The number of hydrogen-bond donors (Lipinski definition) is 1. The molecule has 28 heavy (non-hydrogen) atoms. The summed E-state index contributed by atoms with van der Waals surface area (Å²) >= 11 is 0. The van der Waals surface area contributed by atoms with Crippen molar-refractivity contribution in [3.8, 4) is 0 Å². The number of carbonyl (C=O) groups excluding carboxylic acids is 3. The van der Waals surface area contributed by atoms with Crippen LogP contribution in [-0.2, 0) is 9.53 Å². The summed E-state index contributed by atoms with van der Waals surface area (Å²) in [6.07, 6.45) is 1.91. The first kappa shape index (κ1) is 21.4. The van der Waals surface area contributed by atoms with Crippen LogP contribution in [0.3, 0.4) is 0 Å². The molecule has 2 rings (SSSR count). The lowest BCUT2D eigenvalue weighted by Gasteiger charge is -2.15. The van der Waals surface area contributed by atoms with E-state index in [4.69, 9.17) is 4.74 Å². The first-order valence-electron chi connectivity index (χ1n) is 9.53. The third kappa shape index (κ3) is 6.65. The molecule has 0 radical (unpaired) electrons. The minimum Gasteiger partial charge on any atom is -0.452 e. The van der Waals surface area contributed by atoms with Gasteiger partial charge in [0.2, 0.25) is 0 Å². The van der Waals surface area contributed by atoms with Crippen molar-refractivity contribution < 1.29 is 19.1 Å². The lowest BCUT2D eigenvalue weighted by molar-refractivity contribution is -0.124. The van der Waals surface area contributed by atoms with Gasteiger partial charge in [-0.2, -0.15) is 0 Å². The maximum atomic E-state index is 12.4. The highest BCUT2D eigenvalue weighted by Gasteiger charge is 2.14. The Morgan fingerprint density at radius 1 is 0.821 bits per heavy atom. The third-order valence-corrected chi connectivity index (χ3v) is 4.34. The maximum absolute atomic E-state index is 12.4. The minimum absolute atomic E-state index is 0.0388. The molecule has 1 atom stereocenters. The molecule has 1 N–H and O–H groups in total. The topological polar surface area (TPSA) is 72.5 Å². The van der Waals surface area contributed by atoms with Crippen LogP contribution in [0.1, 0.15) is 59.9 Å². The summed E-state index contributed by atoms with van der Waals surface area (Å²) in [5.74, 6) is -0.451. The van der Waals surface area contributed by atoms with Crippen LogP contribution in [0.15, 0.2) is 54.6 Å². The van der Waals surface area contributed by atoms with Crippen molar-refractivity contribution >= 4 is 17.7 Å². The normalized spacial score (nSPS) is 11.7. The fourth-order valence-electron chi connectivity index (χ4n) is 2.70. The second-order valence-electron chi connectivity index (χ2n) is 7.29. The van der Waals surface area contributed by atoms with Gasteiger partial charge in [-0.15, -0.1) is 0 Å². The number of nitrogens with one attached hydrogen (secondary N) is 1. The van der Waals surface area contributed by atoms with Crippen molar-refractivity contribution in [1.82, 2.24) is 5.32 Å². The summed E-state index contributed by atoms with van der Waals surface area (Å²) < 4.78 is 5.07. The summed E-state index contributed by atoms with van der Waals surface area (Å²) in [4.78, 5) is 36.4. The van der Waals surface area contributed by atoms with Gasteiger partial charge in [0.15, 0.2) is 12.4 Å². The molecule has 0 saturated carbocycles. The second-order valence-corrected chi connectivity index (χ2v) is 7.29. The molecule has 0 heterocycles. The Kier molecular flexibility index (Phi) is 7.93. The molecule has 2 aromatic carbocycles. The largest absolute Gasteiger partial charge is 0.452 e. The van der Waals surface area contributed by atoms with E-state index in [9.17, 15) is 14.4 Å². The van der Waals surface area contributed by atoms with Gasteiger partial charge in [0.05, 0.1) is 5.56 Å². The first-order valence-corrected chi connectivity index (χ1v) is 9.53. The number of amides is 1. The molecular formula is C23H27NO4. The fourth-order valence-corrected chi connectivity index (χ4v) is 2.70. The zero-order valence-electron chi connectivity index (χ0n) is 16.6. The molecular weight excluding hydrogens is 354 g/mol. The molecule has 0 aliphatic heterocycles. The van der Waals surface area contributed by atoms with Gasteiger partial charge in [-0.05, 0) is 37.8 Å². The molecule has 2 aromatic rings. The van der Waals surface area contributed by atoms with Crippen LogP contribution >= 0.6 is 0 Å². The summed E-state index contributed by atoms with van der Waals surface area (Å²) in [7, 11) is 0. The molecule has 5 heteroatoms. The zero-order valence-corrected chi connectivity index (χ0v) is 16.6. The van der Waals surface area contributed by atoms with Gasteiger partial charge < -0.3 is 10.1 Å². The van der Waals surface area contributed by atoms with Crippen LogP contribution < -0.4 is 5.32 Å². The van der Waals surface area contributed by atoms with E-state index in [-0.39, 0.29) is 24.3 Å². The average Bonchev–Trinajstić information content (AvgIpc) is 2.70. The Labute approximate surface area is 166 Å². The Balaban J connectivity index is 1.84. The van der Waals surface area contributed by atoms with E-state index in [0.717, 1.165) is 12.8 Å². The van der Waals surface area contributed by atoms with Crippen LogP contribution in [-0.4, -0.2) is 30.3 Å². The predicted octanol–water partition coefficient (Wildman–Crippen LogP) is 4.02. The van der Waals surface area contributed by atoms with E-state index >= 15 is 0 Å². The summed E-state index contributed by atoms with van der Waals surface area (Å²) in [6.45, 7) is 5.88. The Morgan fingerprint density at radius 2 is 1.39 bits per heavy atom. The standard InChI is InChI=1S/C23H27NO4/c1-16(2)9-10-17(3)24-21(25)15-28-23(27)20-13-11-19(12-14-20)22(26)18-7-5-4-6-8-18/h4-8,11-14,16-17H,9-10,15H2,1-3H3,(H,24,25)/t17-/m0/s1. The number of rotatable bonds is 9. The van der Waals surface area contributed by atoms with Gasteiger partial charge >= 0.3 is 5.97 Å². The van der Waals surface area contributed by atoms with Crippen LogP contribution in [0, 0.1) is 5.92 Å². The summed E-state index contributed by atoms with van der Waals surface area (Å²) in [5, 5.41) is 2.82. The van der Waals surface area contributed by atoms with E-state index in [0.29, 0.717) is 22.6 Å². The Morgan fingerprint density at radius 3 is 2.00 bits per heavy atom. The van der Waals surface area contributed by atoms with Gasteiger partial charge in [0, 0.05) is 17.2 Å². The van der Waals surface area contributed by atoms with Crippen molar-refractivity contribution in [3.05, 3.63) is 71.3 Å². The third-order valence-electron chi connectivity index (χ3n) is 4.34. The number of esters is 1. The SMILES string of the molecule is CC(C)CC[C@H](C)NC(=O)COC(=O)c1ccc(C(=O)c2ccccc2)cc1. The molecule has 0 saturated heterocycles. The lowest BCUT2D eigenvalue weighted by atomic mass is 10.0. The van der Waals surface area contributed by atoms with Gasteiger partial charge in [-0.25, -0.2) is 4.79 Å². The Hall–Kier alpha value is -2.95. The molecule has 0 aliphatic rings. The van der Waals surface area contributed by atoms with Crippen molar-refractivity contribution in [3.63, 3.8) is 0 Å². The molecule has 5 nitrogen and oxygen atoms in total. The van der Waals surface area contributed by atoms with Crippen molar-refractivity contribution in [2.75, 3.05) is 6.61 Å². The van der Waals surface area contributed by atoms with E-state index in [2.05, 4.69) is 19.2 Å². The highest BCUT2D eigenvalue weighted by molar-refractivity contribution is 6.09. The molecule has 0 aliphatic carbocycles. The van der Waals surface area contributed by atoms with Crippen molar-refractivity contribution in [1.29, 1.82) is 0 Å². The predicted molar refractivity (Wildman–Crippen MR) is 108 cm³/mol. The maximum Gasteiger partial charge on any atom is 0.338 e. The van der Waals surface area contributed by atoms with Crippen LogP contribution in [0.4, 0.5) is 0 Å². The number of ketones is 1. The average molecular weight is 381 g/mol. The van der Waals surface area contributed by atoms with Gasteiger partial charge in [-0.1, -0.05) is 56.3 Å². The molecule has 148 valence electrons. The first-order chi connectivity index (χ1) is 13.4. The second kappa shape index (κ2) is 10.4. The van der Waals surface area contributed by atoms with Crippen molar-refractivity contribution in [2.45, 2.75) is 39.7 Å². The van der Waals surface area contributed by atoms with E-state index in [1.807, 2.05) is 13.0 Å². The van der Waals surface area contributed by atoms with Crippen LogP contribution in [0.2, 0.25) is 0 Å². The van der Waals surface area contributed by atoms with E-state index < -0.39 is 5.97 Å². The summed E-state index contributed by atoms with van der Waals surface area (Å²) in [5.41, 5.74) is 1.37. The lowest BCUT2D eigenvalue weighted by Crippen LogP contribution is -2.36. The fraction of sp³-hybridized carbons (Fsp3) is 0.348. The number of carbonyl (C=O) groups is 3. The summed E-state index contributed by atoms with van der Waals surface area (Å²) in [6, 6.07) is 15.2. The van der Waals surface area contributed by atoms with Gasteiger partial charge in [0.25, 0.3) is 5.91 Å². The van der Waals surface area contributed by atoms with Crippen molar-refractivity contribution in [2.24, 2.45) is 5.92 Å². The molecule has 0 aromatic heterocycles. The zero-order chi connectivity index (χ0) is 20.5. The number of ether oxygens (including phenoxy) is 1. The number of benzene rings is 2. The number of hydrogen-bond acceptors (Lipinski definition) is 4. The molecule has 0 bridgehead atoms. The highest BCUT2D eigenvalue weighted by Crippen LogP contribution is 2.12. The smallest absolute Gasteiger partial charge is 0.338 e. The minimum atomic E-state index is -0.594. The monoisotopic (exact) mass is 381 g/mol.